The molecule has 0 rings (SSSR count). The molecule has 0 aliphatic rings. The molecule has 0 aromatic rings. The Morgan fingerprint density at radius 2 is 1.94 bits per heavy atom. The third-order valence-electron chi connectivity index (χ3n) is 3.18. The van der Waals surface area contributed by atoms with Gasteiger partial charge in [0.2, 0.25) is 5.91 Å². The van der Waals surface area contributed by atoms with Gasteiger partial charge in [-0.15, -0.1) is 6.58 Å². The summed E-state index contributed by atoms with van der Waals surface area (Å²) in [5.41, 5.74) is 4.82. The molecular weight excluding hydrogens is 216 g/mol. The normalized spacial score (nSPS) is 12.3. The van der Waals surface area contributed by atoms with Gasteiger partial charge in [0.1, 0.15) is 0 Å². The molecule has 0 saturated heterocycles. The Kier molecular flexibility index (Phi) is 6.42. The third-order valence-corrected chi connectivity index (χ3v) is 3.18. The minimum Gasteiger partial charge on any atom is -0.379 e. The molecule has 1 amide bonds. The van der Waals surface area contributed by atoms with E-state index in [0.717, 1.165) is 6.42 Å². The Morgan fingerprint density at radius 1 is 1.35 bits per heavy atom. The van der Waals surface area contributed by atoms with Gasteiger partial charge < -0.3 is 15.8 Å². The third kappa shape index (κ3) is 5.33. The molecule has 3 N–H and O–H groups in total. The van der Waals surface area contributed by atoms with E-state index in [1.807, 2.05) is 27.7 Å². The zero-order chi connectivity index (χ0) is 13.5. The zero-order valence-electron chi connectivity index (χ0n) is 11.5. The van der Waals surface area contributed by atoms with Crippen LogP contribution in [0.4, 0.5) is 0 Å². The largest absolute Gasteiger partial charge is 0.379 e. The van der Waals surface area contributed by atoms with Gasteiger partial charge in [0.05, 0.1) is 18.6 Å². The van der Waals surface area contributed by atoms with Crippen molar-refractivity contribution >= 4 is 5.91 Å². The summed E-state index contributed by atoms with van der Waals surface area (Å²) < 4.78 is 5.31. The zero-order valence-corrected chi connectivity index (χ0v) is 11.5. The first-order valence-electron chi connectivity index (χ1n) is 5.99. The lowest BCUT2D eigenvalue weighted by molar-refractivity contribution is -0.132. The standard InChI is InChI=1S/C13H26N2O2/c1-6-7-9-17-10-8-15-11(16)12(2,3)13(4,5)14/h6H,1,7-10,14H2,2-5H3,(H,15,16). The van der Waals surface area contributed by atoms with Crippen molar-refractivity contribution in [2.75, 3.05) is 19.8 Å². The molecule has 0 unspecified atom stereocenters. The molecule has 0 bridgehead atoms. The smallest absolute Gasteiger partial charge is 0.227 e. The van der Waals surface area contributed by atoms with Crippen LogP contribution >= 0.6 is 0 Å². The van der Waals surface area contributed by atoms with Gasteiger partial charge in [0.25, 0.3) is 0 Å². The summed E-state index contributed by atoms with van der Waals surface area (Å²) in [5.74, 6) is -0.0441. The first-order chi connectivity index (χ1) is 7.73. The minimum atomic E-state index is -0.603. The molecule has 100 valence electrons. The Balaban J connectivity index is 3.91. The molecule has 0 aliphatic carbocycles. The highest BCUT2D eigenvalue weighted by Crippen LogP contribution is 2.28. The lowest BCUT2D eigenvalue weighted by Crippen LogP contribution is -2.55. The molecule has 0 radical (unpaired) electrons. The number of amides is 1. The van der Waals surface area contributed by atoms with E-state index in [1.165, 1.54) is 0 Å². The van der Waals surface area contributed by atoms with Crippen molar-refractivity contribution in [2.45, 2.75) is 39.7 Å². The number of rotatable bonds is 8. The quantitative estimate of drug-likeness (QED) is 0.500. The van der Waals surface area contributed by atoms with Gasteiger partial charge >= 0.3 is 0 Å². The first kappa shape index (κ1) is 16.1. The summed E-state index contributed by atoms with van der Waals surface area (Å²) in [6.45, 7) is 12.7. The number of nitrogens with one attached hydrogen (secondary N) is 1. The summed E-state index contributed by atoms with van der Waals surface area (Å²) in [4.78, 5) is 11.9. The van der Waals surface area contributed by atoms with E-state index in [9.17, 15) is 4.79 Å². The lowest BCUT2D eigenvalue weighted by Gasteiger charge is -2.36. The van der Waals surface area contributed by atoms with Crippen LogP contribution in [0.1, 0.15) is 34.1 Å². The predicted octanol–water partition coefficient (Wildman–Crippen LogP) is 1.46. The number of hydrogen-bond donors (Lipinski definition) is 2. The monoisotopic (exact) mass is 242 g/mol. The summed E-state index contributed by atoms with van der Waals surface area (Å²) in [6.07, 6.45) is 2.63. The fraction of sp³-hybridized carbons (Fsp3) is 0.769. The van der Waals surface area contributed by atoms with Crippen molar-refractivity contribution in [3.05, 3.63) is 12.7 Å². The molecule has 0 aromatic carbocycles. The van der Waals surface area contributed by atoms with Crippen LogP contribution < -0.4 is 11.1 Å². The predicted molar refractivity (Wildman–Crippen MR) is 70.7 cm³/mol. The van der Waals surface area contributed by atoms with E-state index >= 15 is 0 Å². The van der Waals surface area contributed by atoms with Crippen LogP contribution in [0.15, 0.2) is 12.7 Å². The molecule has 4 heteroatoms. The van der Waals surface area contributed by atoms with Crippen LogP contribution in [0.5, 0.6) is 0 Å². The first-order valence-corrected chi connectivity index (χ1v) is 5.99. The fourth-order valence-corrected chi connectivity index (χ4v) is 1.02. The Hall–Kier alpha value is -0.870. The van der Waals surface area contributed by atoms with E-state index in [4.69, 9.17) is 10.5 Å². The van der Waals surface area contributed by atoms with Crippen molar-refractivity contribution in [3.8, 4) is 0 Å². The number of carbonyl (C=O) groups excluding carboxylic acids is 1. The van der Waals surface area contributed by atoms with Gasteiger partial charge in [-0.25, -0.2) is 0 Å². The molecule has 0 spiro atoms. The molecule has 0 fully saturated rings. The van der Waals surface area contributed by atoms with Gasteiger partial charge in [-0.2, -0.15) is 0 Å². The van der Waals surface area contributed by atoms with E-state index in [2.05, 4.69) is 11.9 Å². The van der Waals surface area contributed by atoms with E-state index < -0.39 is 11.0 Å². The highest BCUT2D eigenvalue weighted by molar-refractivity contribution is 5.83. The van der Waals surface area contributed by atoms with Crippen molar-refractivity contribution in [2.24, 2.45) is 11.1 Å². The van der Waals surface area contributed by atoms with Gasteiger partial charge in [0, 0.05) is 12.1 Å². The summed E-state index contributed by atoms with van der Waals surface area (Å²) >= 11 is 0. The van der Waals surface area contributed by atoms with E-state index in [1.54, 1.807) is 6.08 Å². The highest BCUT2D eigenvalue weighted by atomic mass is 16.5. The van der Waals surface area contributed by atoms with Crippen LogP contribution in [0.2, 0.25) is 0 Å². The van der Waals surface area contributed by atoms with Crippen LogP contribution in [0.3, 0.4) is 0 Å². The molecule has 0 atom stereocenters. The van der Waals surface area contributed by atoms with Crippen LogP contribution in [0, 0.1) is 5.41 Å². The van der Waals surface area contributed by atoms with Gasteiger partial charge in [0.15, 0.2) is 0 Å². The maximum absolute atomic E-state index is 11.9. The van der Waals surface area contributed by atoms with Crippen molar-refractivity contribution in [1.29, 1.82) is 0 Å². The summed E-state index contributed by atoms with van der Waals surface area (Å²) in [5, 5.41) is 2.84. The average Bonchev–Trinajstić information content (AvgIpc) is 2.21. The molecule has 0 aliphatic heterocycles. The number of ether oxygens (including phenoxy) is 1. The van der Waals surface area contributed by atoms with Crippen LogP contribution in [-0.4, -0.2) is 31.2 Å². The molecular formula is C13H26N2O2. The van der Waals surface area contributed by atoms with Crippen molar-refractivity contribution < 1.29 is 9.53 Å². The fourth-order valence-electron chi connectivity index (χ4n) is 1.02. The number of carbonyl (C=O) groups is 1. The lowest BCUT2D eigenvalue weighted by atomic mass is 9.74. The maximum atomic E-state index is 11.9. The highest BCUT2D eigenvalue weighted by Gasteiger charge is 2.40. The molecule has 0 aromatic heterocycles. The van der Waals surface area contributed by atoms with Crippen molar-refractivity contribution in [1.82, 2.24) is 5.32 Å². The Labute approximate surface area is 105 Å². The summed E-state index contributed by atoms with van der Waals surface area (Å²) in [7, 11) is 0. The maximum Gasteiger partial charge on any atom is 0.227 e. The molecule has 0 heterocycles. The molecule has 17 heavy (non-hydrogen) atoms. The number of hydrogen-bond acceptors (Lipinski definition) is 3. The summed E-state index contributed by atoms with van der Waals surface area (Å²) in [6, 6.07) is 0. The van der Waals surface area contributed by atoms with Gasteiger partial charge in [-0.05, 0) is 34.1 Å². The van der Waals surface area contributed by atoms with E-state index in [-0.39, 0.29) is 5.91 Å². The Morgan fingerprint density at radius 3 is 2.41 bits per heavy atom. The van der Waals surface area contributed by atoms with Crippen LogP contribution in [0.25, 0.3) is 0 Å². The molecule has 0 saturated carbocycles. The van der Waals surface area contributed by atoms with Crippen LogP contribution in [-0.2, 0) is 9.53 Å². The van der Waals surface area contributed by atoms with Gasteiger partial charge in [-0.1, -0.05) is 6.08 Å². The molecule has 4 nitrogen and oxygen atoms in total. The minimum absolute atomic E-state index is 0.0441. The second-order valence-electron chi connectivity index (χ2n) is 5.29. The second-order valence-corrected chi connectivity index (χ2v) is 5.29. The second kappa shape index (κ2) is 6.77. The van der Waals surface area contributed by atoms with E-state index in [0.29, 0.717) is 19.8 Å². The van der Waals surface area contributed by atoms with Gasteiger partial charge in [-0.3, -0.25) is 4.79 Å². The van der Waals surface area contributed by atoms with Crippen molar-refractivity contribution in [3.63, 3.8) is 0 Å². The Bertz CT molecular complexity index is 255. The SMILES string of the molecule is C=CCCOCCNC(=O)C(C)(C)C(C)(C)N. The number of nitrogens with two attached hydrogens (primary N) is 1. The topological polar surface area (TPSA) is 64.3 Å². The average molecular weight is 242 g/mol.